The molecule has 150 valence electrons. The molecule has 0 aliphatic rings. The van der Waals surface area contributed by atoms with Crippen molar-refractivity contribution in [3.05, 3.63) is 46.7 Å². The number of aromatic nitrogens is 2. The minimum Gasteiger partial charge on any atom is -0.476 e. The number of hydrogen-bond acceptors (Lipinski definition) is 5. The summed E-state index contributed by atoms with van der Waals surface area (Å²) in [6.45, 7) is 3.11. The van der Waals surface area contributed by atoms with Gasteiger partial charge in [0, 0.05) is 31.3 Å². The van der Waals surface area contributed by atoms with E-state index in [1.165, 1.54) is 25.3 Å². The Morgan fingerprint density at radius 2 is 2.00 bits per heavy atom. The van der Waals surface area contributed by atoms with Crippen molar-refractivity contribution < 1.29 is 27.5 Å². The molecule has 0 saturated carbocycles. The van der Waals surface area contributed by atoms with Gasteiger partial charge in [-0.1, -0.05) is 18.5 Å². The van der Waals surface area contributed by atoms with Crippen molar-refractivity contribution >= 4 is 29.1 Å². The van der Waals surface area contributed by atoms with E-state index in [2.05, 4.69) is 15.3 Å². The second-order valence-electron chi connectivity index (χ2n) is 6.16. The molecule has 0 spiro atoms. The summed E-state index contributed by atoms with van der Waals surface area (Å²) in [5.74, 6) is -0.629. The van der Waals surface area contributed by atoms with Gasteiger partial charge in [0.1, 0.15) is 10.8 Å². The minimum absolute atomic E-state index is 0.0352. The number of rotatable bonds is 7. The summed E-state index contributed by atoms with van der Waals surface area (Å²) >= 11 is 5.78. The first kappa shape index (κ1) is 21.6. The highest BCUT2D eigenvalue weighted by Crippen LogP contribution is 2.33. The number of ketones is 1. The average molecular weight is 416 g/mol. The third-order valence-electron chi connectivity index (χ3n) is 3.56. The van der Waals surface area contributed by atoms with Crippen molar-refractivity contribution in [2.45, 2.75) is 26.4 Å². The molecular formula is C18H17ClF3N3O3. The third kappa shape index (κ3) is 6.19. The predicted octanol–water partition coefficient (Wildman–Crippen LogP) is 4.40. The zero-order chi connectivity index (χ0) is 20.9. The van der Waals surface area contributed by atoms with Crippen molar-refractivity contribution in [3.63, 3.8) is 0 Å². The maximum Gasteiger partial charge on any atom is 0.417 e. The third-order valence-corrected chi connectivity index (χ3v) is 3.83. The molecule has 2 rings (SSSR count). The average Bonchev–Trinajstić information content (AvgIpc) is 2.59. The van der Waals surface area contributed by atoms with Crippen LogP contribution in [0.25, 0.3) is 0 Å². The van der Waals surface area contributed by atoms with Gasteiger partial charge in [0.05, 0.1) is 12.2 Å². The van der Waals surface area contributed by atoms with Crippen molar-refractivity contribution in [2.24, 2.45) is 5.92 Å². The van der Waals surface area contributed by atoms with Gasteiger partial charge in [-0.25, -0.2) is 9.97 Å². The van der Waals surface area contributed by atoms with Gasteiger partial charge in [0.2, 0.25) is 11.8 Å². The molecule has 1 atom stereocenters. The van der Waals surface area contributed by atoms with Crippen LogP contribution >= 0.6 is 11.6 Å². The van der Waals surface area contributed by atoms with Gasteiger partial charge in [-0.2, -0.15) is 13.2 Å². The number of hydrogen-bond donors (Lipinski definition) is 1. The highest BCUT2D eigenvalue weighted by molar-refractivity contribution is 6.31. The van der Waals surface area contributed by atoms with E-state index in [-0.39, 0.29) is 47.4 Å². The molecule has 6 nitrogen and oxygen atoms in total. The Bertz CT molecular complexity index is 875. The molecule has 10 heteroatoms. The van der Waals surface area contributed by atoms with E-state index in [1.807, 2.05) is 0 Å². The van der Waals surface area contributed by atoms with E-state index in [0.717, 1.165) is 6.07 Å². The Kier molecular flexibility index (Phi) is 6.95. The number of anilines is 1. The zero-order valence-corrected chi connectivity index (χ0v) is 15.8. The smallest absolute Gasteiger partial charge is 0.417 e. The van der Waals surface area contributed by atoms with Gasteiger partial charge >= 0.3 is 6.18 Å². The fourth-order valence-electron chi connectivity index (χ4n) is 2.25. The molecule has 0 unspecified atom stereocenters. The van der Waals surface area contributed by atoms with E-state index in [4.69, 9.17) is 16.3 Å². The number of amides is 1. The van der Waals surface area contributed by atoms with Crippen LogP contribution in [0, 0.1) is 5.92 Å². The molecule has 2 aromatic rings. The number of ether oxygens (including phenoxy) is 1. The number of carbonyl (C=O) groups excluding carboxylic acids is 2. The topological polar surface area (TPSA) is 81.2 Å². The summed E-state index contributed by atoms with van der Waals surface area (Å²) in [6.07, 6.45) is -2.39. The Labute approximate surface area is 164 Å². The van der Waals surface area contributed by atoms with E-state index < -0.39 is 11.7 Å². The van der Waals surface area contributed by atoms with Gasteiger partial charge in [-0.15, -0.1) is 0 Å². The van der Waals surface area contributed by atoms with E-state index in [1.54, 1.807) is 6.92 Å². The second kappa shape index (κ2) is 9.01. The number of halogens is 4. The molecule has 0 aromatic carbocycles. The van der Waals surface area contributed by atoms with Crippen molar-refractivity contribution in [2.75, 3.05) is 11.9 Å². The lowest BCUT2D eigenvalue weighted by atomic mass is 10.0. The fourth-order valence-corrected chi connectivity index (χ4v) is 2.47. The van der Waals surface area contributed by atoms with Crippen LogP contribution in [-0.4, -0.2) is 28.3 Å². The lowest BCUT2D eigenvalue weighted by molar-refractivity contribution is -0.137. The monoisotopic (exact) mass is 415 g/mol. The van der Waals surface area contributed by atoms with Gasteiger partial charge in [-0.3, -0.25) is 9.59 Å². The van der Waals surface area contributed by atoms with Crippen LogP contribution in [0.1, 0.15) is 36.2 Å². The Balaban J connectivity index is 1.94. The number of nitrogens with zero attached hydrogens (tertiary/aromatic N) is 2. The first-order chi connectivity index (χ1) is 13.1. The number of alkyl halides is 3. The first-order valence-electron chi connectivity index (χ1n) is 8.18. The van der Waals surface area contributed by atoms with Crippen LogP contribution in [0.5, 0.6) is 5.88 Å². The molecule has 0 radical (unpaired) electrons. The molecular weight excluding hydrogens is 399 g/mol. The van der Waals surface area contributed by atoms with Crippen LogP contribution in [0.2, 0.25) is 5.02 Å². The van der Waals surface area contributed by atoms with Gasteiger partial charge in [0.25, 0.3) is 0 Å². The van der Waals surface area contributed by atoms with Gasteiger partial charge < -0.3 is 10.1 Å². The molecule has 0 aliphatic heterocycles. The van der Waals surface area contributed by atoms with Crippen LogP contribution in [0.4, 0.5) is 19.0 Å². The molecule has 0 aliphatic carbocycles. The summed E-state index contributed by atoms with van der Waals surface area (Å²) in [4.78, 5) is 31.0. The normalized spacial score (nSPS) is 12.4. The lowest BCUT2D eigenvalue weighted by Crippen LogP contribution is -2.15. The molecule has 2 heterocycles. The number of Topliss-reactive ketones (excluding diaryl/α,β-unsaturated/α-hetero) is 1. The lowest BCUT2D eigenvalue weighted by Gasteiger charge is -2.14. The fraction of sp³-hybridized carbons (Fsp3) is 0.333. The van der Waals surface area contributed by atoms with Crippen molar-refractivity contribution in [3.8, 4) is 5.88 Å². The van der Waals surface area contributed by atoms with Crippen LogP contribution < -0.4 is 10.1 Å². The Morgan fingerprint density at radius 3 is 2.61 bits per heavy atom. The summed E-state index contributed by atoms with van der Waals surface area (Å²) in [7, 11) is 0. The summed E-state index contributed by atoms with van der Waals surface area (Å²) in [5, 5.41) is 2.23. The highest BCUT2D eigenvalue weighted by atomic mass is 35.5. The minimum atomic E-state index is -4.55. The second-order valence-corrected chi connectivity index (χ2v) is 6.57. The first-order valence-corrected chi connectivity index (χ1v) is 8.56. The molecule has 28 heavy (non-hydrogen) atoms. The predicted molar refractivity (Wildman–Crippen MR) is 96.4 cm³/mol. The largest absolute Gasteiger partial charge is 0.476 e. The van der Waals surface area contributed by atoms with E-state index in [9.17, 15) is 22.8 Å². The molecule has 2 aromatic heterocycles. The molecule has 1 amide bonds. The van der Waals surface area contributed by atoms with Crippen LogP contribution in [0.3, 0.4) is 0 Å². The maximum atomic E-state index is 12.6. The number of carbonyl (C=O) groups is 2. The zero-order valence-electron chi connectivity index (χ0n) is 15.0. The van der Waals surface area contributed by atoms with Gasteiger partial charge in [0.15, 0.2) is 5.78 Å². The Morgan fingerprint density at radius 1 is 1.29 bits per heavy atom. The highest BCUT2D eigenvalue weighted by Gasteiger charge is 2.31. The van der Waals surface area contributed by atoms with Gasteiger partial charge in [-0.05, 0) is 24.1 Å². The number of pyridine rings is 2. The van der Waals surface area contributed by atoms with E-state index in [0.29, 0.717) is 11.8 Å². The number of nitrogens with one attached hydrogen (secondary N) is 1. The molecule has 1 N–H and O–H groups in total. The molecule has 0 saturated heterocycles. The Hall–Kier alpha value is -2.68. The molecule has 0 fully saturated rings. The van der Waals surface area contributed by atoms with Crippen LogP contribution in [0.15, 0.2) is 30.6 Å². The quantitative estimate of drug-likeness (QED) is 0.678. The standard InChI is InChI=1S/C18H17ClF3N3O3/c1-10(5-15(27)12-3-4-23-16(6-12)25-11(2)26)9-28-17-14(19)7-13(8-24-17)18(20,21)22/h3-4,6-8,10H,5,9H2,1-2H3,(H,23,25,26)/t10-/m0/s1. The maximum absolute atomic E-state index is 12.6. The SMILES string of the molecule is CC(=O)Nc1cc(C(=O)C[C@H](C)COc2ncc(C(F)(F)F)cc2Cl)ccn1. The van der Waals surface area contributed by atoms with Crippen molar-refractivity contribution in [1.29, 1.82) is 0 Å². The summed E-state index contributed by atoms with van der Waals surface area (Å²) in [6, 6.07) is 3.72. The summed E-state index contributed by atoms with van der Waals surface area (Å²) < 4.78 is 43.2. The van der Waals surface area contributed by atoms with E-state index >= 15 is 0 Å². The van der Waals surface area contributed by atoms with Crippen LogP contribution in [-0.2, 0) is 11.0 Å². The molecule has 0 bridgehead atoms. The summed E-state index contributed by atoms with van der Waals surface area (Å²) in [5.41, 5.74) is -0.600. The van der Waals surface area contributed by atoms with Crippen molar-refractivity contribution in [1.82, 2.24) is 9.97 Å².